The SMILES string of the molecule is CC[C@H](C(=O)N1CCCC[C@H]1C(=O)O[C@H](CCc1ccc(OC)c(OC)c1)c1cccc(OCC(=O)NCCCCN2Cc3ccccc3/C=C\c3ccccc32)c1)c1cc(OC)c(OC)c(OC)c1. The second-order valence-corrected chi connectivity index (χ2v) is 17.5. The second-order valence-electron chi connectivity index (χ2n) is 17.5. The normalized spacial score (nSPS) is 15.4. The van der Waals surface area contributed by atoms with E-state index >= 15 is 0 Å². The van der Waals surface area contributed by atoms with Crippen LogP contribution in [0.1, 0.15) is 97.3 Å². The minimum Gasteiger partial charge on any atom is -0.493 e. The first-order valence-electron chi connectivity index (χ1n) is 24.3. The zero-order valence-electron chi connectivity index (χ0n) is 41.4. The highest BCUT2D eigenvalue weighted by Gasteiger charge is 2.38. The van der Waals surface area contributed by atoms with Gasteiger partial charge in [0.15, 0.2) is 29.6 Å². The molecule has 5 aromatic rings. The Bertz CT molecular complexity index is 2570. The molecule has 0 aliphatic carbocycles. The van der Waals surface area contributed by atoms with Crippen LogP contribution in [0.25, 0.3) is 12.2 Å². The number of likely N-dealkylation sites (tertiary alicyclic amines) is 1. The lowest BCUT2D eigenvalue weighted by molar-refractivity contribution is -0.162. The van der Waals surface area contributed by atoms with E-state index in [-0.39, 0.29) is 18.4 Å². The molecule has 13 nitrogen and oxygen atoms in total. The van der Waals surface area contributed by atoms with Crippen molar-refractivity contribution in [3.63, 3.8) is 0 Å². The van der Waals surface area contributed by atoms with Crippen molar-refractivity contribution in [2.45, 2.75) is 82.9 Å². The van der Waals surface area contributed by atoms with Gasteiger partial charge in [0.05, 0.1) is 41.5 Å². The number of hydrogen-bond acceptors (Lipinski definition) is 11. The van der Waals surface area contributed by atoms with Crippen molar-refractivity contribution >= 4 is 35.6 Å². The van der Waals surface area contributed by atoms with Crippen LogP contribution in [0.4, 0.5) is 5.69 Å². The summed E-state index contributed by atoms with van der Waals surface area (Å²) in [6.07, 6.45) is 8.80. The highest BCUT2D eigenvalue weighted by Crippen LogP contribution is 2.42. The molecule has 0 unspecified atom stereocenters. The number of para-hydroxylation sites is 1. The van der Waals surface area contributed by atoms with Gasteiger partial charge >= 0.3 is 5.97 Å². The summed E-state index contributed by atoms with van der Waals surface area (Å²) >= 11 is 0. The molecule has 0 aromatic heterocycles. The Balaban J connectivity index is 1.01. The Morgan fingerprint density at radius 2 is 1.44 bits per heavy atom. The van der Waals surface area contributed by atoms with Gasteiger partial charge in [-0.15, -0.1) is 0 Å². The van der Waals surface area contributed by atoms with Gasteiger partial charge < -0.3 is 48.3 Å². The summed E-state index contributed by atoms with van der Waals surface area (Å²) in [5, 5.41) is 3.02. The lowest BCUT2D eigenvalue weighted by Crippen LogP contribution is -2.50. The molecule has 1 N–H and O–H groups in total. The first-order chi connectivity index (χ1) is 34.2. The molecule has 2 aliphatic heterocycles. The maximum absolute atomic E-state index is 14.5. The molecule has 0 bridgehead atoms. The highest BCUT2D eigenvalue weighted by atomic mass is 16.5. The number of hydrogen-bond donors (Lipinski definition) is 1. The molecule has 0 spiro atoms. The molecular weight excluding hydrogens is 887 g/mol. The van der Waals surface area contributed by atoms with Crippen LogP contribution in [-0.2, 0) is 32.1 Å². The van der Waals surface area contributed by atoms with Gasteiger partial charge in [0, 0.05) is 31.9 Å². The third kappa shape index (κ3) is 12.5. The number of carbonyl (C=O) groups is 3. The van der Waals surface area contributed by atoms with Crippen molar-refractivity contribution in [3.8, 4) is 34.5 Å². The molecule has 1 fully saturated rings. The van der Waals surface area contributed by atoms with E-state index in [1.807, 2.05) is 43.3 Å². The average molecular weight is 954 g/mol. The number of piperidine rings is 1. The Labute approximate surface area is 412 Å². The lowest BCUT2D eigenvalue weighted by atomic mass is 9.91. The van der Waals surface area contributed by atoms with Crippen molar-refractivity contribution in [1.29, 1.82) is 0 Å². The molecule has 370 valence electrons. The minimum absolute atomic E-state index is 0.170. The monoisotopic (exact) mass is 953 g/mol. The van der Waals surface area contributed by atoms with Crippen molar-refractivity contribution in [1.82, 2.24) is 10.2 Å². The molecule has 2 heterocycles. The number of rotatable bonds is 22. The third-order valence-electron chi connectivity index (χ3n) is 13.2. The first kappa shape index (κ1) is 50.7. The number of amides is 2. The number of aryl methyl sites for hydroxylation is 1. The smallest absolute Gasteiger partial charge is 0.329 e. The fourth-order valence-corrected chi connectivity index (χ4v) is 9.43. The molecular formula is C57H67N3O10. The van der Waals surface area contributed by atoms with Gasteiger partial charge in [0.25, 0.3) is 5.91 Å². The van der Waals surface area contributed by atoms with E-state index in [0.29, 0.717) is 84.4 Å². The minimum atomic E-state index is -0.789. The van der Waals surface area contributed by atoms with Gasteiger partial charge in [-0.2, -0.15) is 0 Å². The van der Waals surface area contributed by atoms with Crippen molar-refractivity contribution in [2.24, 2.45) is 0 Å². The molecule has 70 heavy (non-hydrogen) atoms. The van der Waals surface area contributed by atoms with Gasteiger partial charge in [-0.25, -0.2) is 4.79 Å². The molecule has 5 aromatic carbocycles. The van der Waals surface area contributed by atoms with E-state index in [0.717, 1.165) is 44.3 Å². The van der Waals surface area contributed by atoms with Crippen molar-refractivity contribution in [2.75, 3.05) is 66.7 Å². The predicted molar refractivity (Wildman–Crippen MR) is 272 cm³/mol. The summed E-state index contributed by atoms with van der Waals surface area (Å²) in [5.74, 6) is 1.56. The number of nitrogens with one attached hydrogen (secondary N) is 1. The molecule has 13 heteroatoms. The fraction of sp³-hybridized carbons (Fsp3) is 0.386. The largest absolute Gasteiger partial charge is 0.493 e. The summed E-state index contributed by atoms with van der Waals surface area (Å²) in [4.78, 5) is 46.2. The standard InChI is InChI=1S/C57H67N3O10/c1-7-46(44-35-52(66-4)55(68-6)53(36-44)67-5)56(62)60-32-14-12-23-48(60)57(63)70-49(28-24-39-25-29-50(64-2)51(33-39)65-3)42-20-16-21-45(34-42)69-38-54(61)58-30-13-15-31-59-37-43-19-9-8-17-40(43)26-27-41-18-10-11-22-47(41)59/h8-11,16-22,25-27,29,33-36,46,48-49H,7,12-15,23-24,28,30-32,37-38H2,1-6H3,(H,58,61)/b27-26-/t46-,48-,49+/m0/s1. The van der Waals surface area contributed by atoms with Crippen LogP contribution in [0.5, 0.6) is 34.5 Å². The van der Waals surface area contributed by atoms with E-state index in [4.69, 9.17) is 33.2 Å². The fourth-order valence-electron chi connectivity index (χ4n) is 9.43. The van der Waals surface area contributed by atoms with Gasteiger partial charge in [0.2, 0.25) is 11.7 Å². The second kappa shape index (κ2) is 24.9. The van der Waals surface area contributed by atoms with E-state index in [2.05, 4.69) is 70.9 Å². The number of carbonyl (C=O) groups excluding carboxylic acids is 3. The number of nitrogens with zero attached hydrogens (tertiary/aromatic N) is 2. The average Bonchev–Trinajstić information content (AvgIpc) is 3.39. The number of fused-ring (bicyclic) bond motifs is 2. The third-order valence-corrected chi connectivity index (χ3v) is 13.2. The van der Waals surface area contributed by atoms with Gasteiger partial charge in [-0.1, -0.05) is 79.7 Å². The number of anilines is 1. The summed E-state index contributed by atoms with van der Waals surface area (Å²) in [5.41, 5.74) is 7.26. The summed E-state index contributed by atoms with van der Waals surface area (Å²) < 4.78 is 40.3. The summed E-state index contributed by atoms with van der Waals surface area (Å²) in [6, 6.07) is 32.8. The van der Waals surface area contributed by atoms with E-state index in [1.165, 1.54) is 29.5 Å². The van der Waals surface area contributed by atoms with Gasteiger partial charge in [0.1, 0.15) is 17.9 Å². The van der Waals surface area contributed by atoms with Crippen LogP contribution in [0.2, 0.25) is 0 Å². The molecule has 0 radical (unpaired) electrons. The number of benzene rings is 5. The molecule has 7 rings (SSSR count). The summed E-state index contributed by atoms with van der Waals surface area (Å²) in [6.45, 7) is 4.36. The van der Waals surface area contributed by atoms with Crippen LogP contribution in [-0.4, -0.2) is 90.5 Å². The van der Waals surface area contributed by atoms with Crippen molar-refractivity contribution in [3.05, 3.63) is 137 Å². The Hall–Kier alpha value is -7.15. The highest BCUT2D eigenvalue weighted by molar-refractivity contribution is 5.89. The zero-order valence-corrected chi connectivity index (χ0v) is 41.4. The Morgan fingerprint density at radius 3 is 2.19 bits per heavy atom. The summed E-state index contributed by atoms with van der Waals surface area (Å²) in [7, 11) is 7.80. The number of ether oxygens (including phenoxy) is 7. The molecule has 3 atom stereocenters. The lowest BCUT2D eigenvalue weighted by Gasteiger charge is -2.37. The number of methoxy groups -OCH3 is 5. The van der Waals surface area contributed by atoms with Crippen LogP contribution >= 0.6 is 0 Å². The Morgan fingerprint density at radius 1 is 0.714 bits per heavy atom. The quantitative estimate of drug-likeness (QED) is 0.0525. The molecule has 1 saturated heterocycles. The molecule has 2 amide bonds. The Kier molecular flexibility index (Phi) is 18.1. The maximum atomic E-state index is 14.5. The zero-order chi connectivity index (χ0) is 49.4. The van der Waals surface area contributed by atoms with Crippen molar-refractivity contribution < 1.29 is 47.5 Å². The van der Waals surface area contributed by atoms with E-state index in [9.17, 15) is 14.4 Å². The molecule has 0 saturated carbocycles. The number of unbranched alkanes of at least 4 members (excludes halogenated alkanes) is 1. The number of esters is 1. The van der Waals surface area contributed by atoms with E-state index in [1.54, 1.807) is 51.5 Å². The first-order valence-corrected chi connectivity index (χ1v) is 24.3. The van der Waals surface area contributed by atoms with E-state index < -0.39 is 24.0 Å². The maximum Gasteiger partial charge on any atom is 0.329 e. The predicted octanol–water partition coefficient (Wildman–Crippen LogP) is 9.99. The van der Waals surface area contributed by atoms with Crippen LogP contribution < -0.4 is 38.6 Å². The van der Waals surface area contributed by atoms with Crippen LogP contribution in [0.15, 0.2) is 103 Å². The van der Waals surface area contributed by atoms with Gasteiger partial charge in [-0.3, -0.25) is 9.59 Å². The molecule has 2 aliphatic rings. The van der Waals surface area contributed by atoms with Crippen LogP contribution in [0, 0.1) is 0 Å². The van der Waals surface area contributed by atoms with Gasteiger partial charge in [-0.05, 0) is 127 Å². The van der Waals surface area contributed by atoms with Crippen LogP contribution in [0.3, 0.4) is 0 Å². The topological polar surface area (TPSA) is 134 Å².